The van der Waals surface area contributed by atoms with E-state index in [9.17, 15) is 35.9 Å². The number of nitrogens with two attached hydrogens (primary N) is 3. The number of aliphatic imine (C=N–C) groups is 1. The minimum atomic E-state index is -0.992. The number of nitrogens with one attached hydrogen (secondary N) is 1. The number of aliphatic carboxylic acids is 1. The Kier molecular flexibility index (Phi) is 22.2. The lowest BCUT2D eigenvalue weighted by Crippen LogP contribution is -2.51. The van der Waals surface area contributed by atoms with Crippen molar-refractivity contribution in [1.82, 2.24) is 20.2 Å². The zero-order valence-corrected chi connectivity index (χ0v) is 37.5. The van der Waals surface area contributed by atoms with Crippen LogP contribution in [0.2, 0.25) is 0 Å². The molecule has 3 aliphatic carbocycles. The number of methoxy groups -OCH3 is 1. The minimum Gasteiger partial charge on any atom is -0.484 e. The molecule has 1 amide bonds. The van der Waals surface area contributed by atoms with Crippen LogP contribution in [0.25, 0.3) is 0 Å². The predicted octanol–water partition coefficient (Wildman–Crippen LogP) is 10.1. The first-order valence-corrected chi connectivity index (χ1v) is 22.7. The molecule has 0 saturated heterocycles. The van der Waals surface area contributed by atoms with Gasteiger partial charge in [0.2, 0.25) is 5.91 Å². The number of hydrogen-bond acceptors (Lipinski definition) is 9. The van der Waals surface area contributed by atoms with Crippen LogP contribution in [0.15, 0.2) is 59.6 Å². The molecule has 1 aromatic heterocycles. The monoisotopic (exact) mass is 961 g/mol. The summed E-state index contributed by atoms with van der Waals surface area (Å²) in [4.78, 5) is 27.0. The van der Waals surface area contributed by atoms with E-state index in [2.05, 4.69) is 36.9 Å². The summed E-state index contributed by atoms with van der Waals surface area (Å²) in [6.45, 7) is 1.90. The van der Waals surface area contributed by atoms with Gasteiger partial charge in [-0.3, -0.25) is 31.7 Å². The van der Waals surface area contributed by atoms with E-state index in [0.29, 0.717) is 36.8 Å². The van der Waals surface area contributed by atoms with Crippen LogP contribution in [0.3, 0.4) is 0 Å². The molecule has 3 heterocycles. The van der Waals surface area contributed by atoms with Gasteiger partial charge in [-0.25, -0.2) is 32.2 Å². The second-order valence-electron chi connectivity index (χ2n) is 17.4. The van der Waals surface area contributed by atoms with Gasteiger partial charge in [0.1, 0.15) is 11.6 Å². The number of carbonyl (C=O) groups is 2. The Morgan fingerprint density at radius 1 is 0.618 bits per heavy atom. The highest BCUT2D eigenvalue weighted by molar-refractivity contribution is 5.88. The van der Waals surface area contributed by atoms with Crippen molar-refractivity contribution in [2.24, 2.45) is 22.5 Å². The fourth-order valence-electron chi connectivity index (χ4n) is 9.23. The van der Waals surface area contributed by atoms with Crippen molar-refractivity contribution in [2.45, 2.75) is 160 Å². The summed E-state index contributed by atoms with van der Waals surface area (Å²) in [6.07, 6.45) is 18.7. The van der Waals surface area contributed by atoms with E-state index in [0.717, 1.165) is 118 Å². The molecule has 8 N–H and O–H groups in total. The number of nitrogens with zero attached hydrogens (tertiary/aromatic N) is 4. The second kappa shape index (κ2) is 26.4. The van der Waals surface area contributed by atoms with Crippen molar-refractivity contribution >= 4 is 17.8 Å². The Morgan fingerprint density at radius 3 is 1.54 bits per heavy atom. The van der Waals surface area contributed by atoms with Gasteiger partial charge in [-0.2, -0.15) is 0 Å². The van der Waals surface area contributed by atoms with E-state index < -0.39 is 51.7 Å². The third-order valence-corrected chi connectivity index (χ3v) is 13.6. The Bertz CT molecular complexity index is 2280. The number of carbonyl (C=O) groups excluding carboxylic acids is 1. The van der Waals surface area contributed by atoms with Crippen molar-refractivity contribution < 1.29 is 45.8 Å². The average molecular weight is 961 g/mol. The first kappa shape index (κ1) is 57.0. The van der Waals surface area contributed by atoms with E-state index in [4.69, 9.17) is 15.7 Å². The van der Waals surface area contributed by atoms with Gasteiger partial charge in [0.25, 0.3) is 0 Å². The number of hydrogen-bond donors (Lipinski definition) is 5. The van der Waals surface area contributed by atoms with Crippen molar-refractivity contribution in [3.63, 3.8) is 0 Å². The van der Waals surface area contributed by atoms with Crippen LogP contribution in [-0.2, 0) is 43.5 Å². The summed E-state index contributed by atoms with van der Waals surface area (Å²) < 4.78 is 85.9. The van der Waals surface area contributed by atoms with Gasteiger partial charge >= 0.3 is 5.97 Å². The van der Waals surface area contributed by atoms with Crippen molar-refractivity contribution in [3.05, 3.63) is 118 Å². The highest BCUT2D eigenvalue weighted by Gasteiger charge is 2.47. The van der Waals surface area contributed by atoms with Crippen LogP contribution in [0.4, 0.5) is 26.3 Å². The molecule has 376 valence electrons. The van der Waals surface area contributed by atoms with E-state index in [1.54, 1.807) is 13.2 Å². The van der Waals surface area contributed by atoms with Gasteiger partial charge in [0, 0.05) is 25.9 Å². The highest BCUT2D eigenvalue weighted by Crippen LogP contribution is 2.49. The number of fused-ring (bicyclic) bond motifs is 1. The van der Waals surface area contributed by atoms with Crippen LogP contribution in [-0.4, -0.2) is 51.3 Å². The summed E-state index contributed by atoms with van der Waals surface area (Å²) in [5, 5.41) is 18.0. The van der Waals surface area contributed by atoms with Crippen LogP contribution >= 0.6 is 0 Å². The first-order chi connectivity index (χ1) is 31.8. The van der Waals surface area contributed by atoms with Gasteiger partial charge in [-0.05, 0) is 117 Å². The molecule has 2 aliphatic heterocycles. The molecule has 3 fully saturated rings. The van der Waals surface area contributed by atoms with Crippen molar-refractivity contribution in [2.75, 3.05) is 13.7 Å². The number of carboxylic acids is 1. The third kappa shape index (κ3) is 12.8. The molecule has 68 heavy (non-hydrogen) atoms. The van der Waals surface area contributed by atoms with Gasteiger partial charge in [-0.1, -0.05) is 78.0 Å². The number of rotatable bonds is 6. The number of carboxylic acid groups (broad SMARTS) is 1. The maximum atomic E-state index is 13.8. The number of hydrazine groups is 2. The fraction of sp³-hybridized carbons (Fsp3) is 0.540. The third-order valence-electron chi connectivity index (χ3n) is 13.6. The average Bonchev–Trinajstić information content (AvgIpc) is 3.62. The highest BCUT2D eigenvalue weighted by atomic mass is 19.2. The lowest BCUT2D eigenvalue weighted by Gasteiger charge is -2.41. The number of ether oxygens (including phenoxy) is 1. The fourth-order valence-corrected chi connectivity index (χ4v) is 9.23. The molecular formula is C50H70F6N8O4. The summed E-state index contributed by atoms with van der Waals surface area (Å²) in [5.74, 6) is 9.40. The zero-order valence-electron chi connectivity index (χ0n) is 37.5. The molecule has 9 rings (SSSR count). The molecule has 0 spiro atoms. The van der Waals surface area contributed by atoms with Crippen molar-refractivity contribution in [3.8, 4) is 0 Å². The molecule has 0 radical (unpaired) electrons. The predicted molar refractivity (Wildman–Crippen MR) is 251 cm³/mol. The second-order valence-corrected chi connectivity index (χ2v) is 17.4. The molecule has 18 heteroatoms. The molecule has 3 aromatic carbocycles. The van der Waals surface area contributed by atoms with Gasteiger partial charge in [0.05, 0.1) is 23.4 Å². The largest absolute Gasteiger partial charge is 0.484 e. The minimum absolute atomic E-state index is 0. The van der Waals surface area contributed by atoms with Crippen LogP contribution in [0, 0.1) is 34.9 Å². The summed E-state index contributed by atoms with van der Waals surface area (Å²) in [6, 6.07) is 11.2. The Labute approximate surface area is 396 Å². The number of amides is 1. The first-order valence-electron chi connectivity index (χ1n) is 22.7. The van der Waals surface area contributed by atoms with E-state index in [1.807, 2.05) is 0 Å². The van der Waals surface area contributed by atoms with Crippen LogP contribution < -0.4 is 23.0 Å². The Hall–Kier alpha value is -5.33. The van der Waals surface area contributed by atoms with Crippen molar-refractivity contribution in [1.29, 1.82) is 0 Å². The summed E-state index contributed by atoms with van der Waals surface area (Å²) >= 11 is 0. The molecule has 12 nitrogen and oxygen atoms in total. The van der Waals surface area contributed by atoms with E-state index >= 15 is 0 Å². The zero-order chi connectivity index (χ0) is 47.9. The van der Waals surface area contributed by atoms with Gasteiger partial charge < -0.3 is 14.4 Å². The number of aromatic nitrogens is 3. The standard InChI is InChI=1S/C18H21F2N3.C11H12F2N2O.C11H10F2O2.C8H15NO.2CH4.H4N2/c19-14-8-7-13(12-15(14)20)18(9-5-10-18)17-22-21-16-6-3-1-2-4-11-23(16)17;12-8-3-2-7(6-9(8)13)11(4-1-5-11)10(16)15-14;12-8-3-2-7(6-9(8)13)11(10(14)15)4-1-5-11;1-10-8-6-4-2-3-5-7-9-8;;;1-2/h7-8,12H,1-6,9-11H2;2-3,6H,1,4-5,14H2,(H,15,16);2-3,6H,1,4-5H2,(H,14,15);2-7H2,1H3;2*1H4;1-2H2. The molecule has 4 aromatic rings. The maximum Gasteiger partial charge on any atom is 0.314 e. The van der Waals surface area contributed by atoms with Crippen LogP contribution in [0.5, 0.6) is 0 Å². The molecule has 0 unspecified atom stereocenters. The summed E-state index contributed by atoms with van der Waals surface area (Å²) in [5.41, 5.74) is 1.71. The number of aryl methyl sites for hydroxylation is 1. The molecule has 0 atom stereocenters. The van der Waals surface area contributed by atoms with Crippen LogP contribution in [0.1, 0.15) is 159 Å². The molecule has 5 aliphatic rings. The molecule has 3 saturated carbocycles. The van der Waals surface area contributed by atoms with Gasteiger partial charge in [0.15, 0.2) is 40.8 Å². The smallest absolute Gasteiger partial charge is 0.314 e. The Balaban J connectivity index is 0.000000244. The van der Waals surface area contributed by atoms with E-state index in [-0.39, 0.29) is 26.2 Å². The number of benzene rings is 3. The Morgan fingerprint density at radius 2 is 1.09 bits per heavy atom. The number of halogens is 6. The SMILES string of the molecule is C.C.COC1=NCCCCCC1.Fc1ccc(C2(c3nnc4n3CCCCCC4)CCC2)cc1F.NN.NNC(=O)C1(c2ccc(F)c(F)c2)CCC1.O=C(O)C1(c2ccc(F)c(F)c2)CCC1. The molecule has 0 bridgehead atoms. The normalized spacial score (nSPS) is 18.2. The van der Waals surface area contributed by atoms with Gasteiger partial charge in [-0.15, -0.1) is 10.2 Å². The quantitative estimate of drug-likeness (QED) is 0.0541. The lowest BCUT2D eigenvalue weighted by atomic mass is 9.63. The topological polar surface area (TPSA) is 197 Å². The van der Waals surface area contributed by atoms with E-state index in [1.165, 1.54) is 62.8 Å². The lowest BCUT2D eigenvalue weighted by molar-refractivity contribution is -0.147. The molecular weight excluding hydrogens is 891 g/mol. The maximum absolute atomic E-state index is 13.8. The summed E-state index contributed by atoms with van der Waals surface area (Å²) in [7, 11) is 1.71.